The molecule has 0 unspecified atom stereocenters. The van der Waals surface area contributed by atoms with Crippen LogP contribution in [0.4, 0.5) is 5.69 Å². The highest BCUT2D eigenvalue weighted by atomic mass is 16.5. The molecule has 0 aliphatic carbocycles. The topological polar surface area (TPSA) is 75.7 Å². The highest BCUT2D eigenvalue weighted by Crippen LogP contribution is 2.11. The van der Waals surface area contributed by atoms with Crippen LogP contribution in [0.1, 0.15) is 30.6 Å². The second-order valence-electron chi connectivity index (χ2n) is 4.97. The van der Waals surface area contributed by atoms with Crippen LogP contribution in [0, 0.1) is 0 Å². The lowest BCUT2D eigenvalue weighted by atomic mass is 10.1. The van der Waals surface area contributed by atoms with Crippen LogP contribution in [0.5, 0.6) is 0 Å². The van der Waals surface area contributed by atoms with Crippen LogP contribution in [0.25, 0.3) is 0 Å². The van der Waals surface area contributed by atoms with Crippen molar-refractivity contribution in [3.8, 4) is 0 Å². The SMILES string of the molecule is COCCCN(CC(=O)Nc1cccc(C(C)=O)c1)C(C)=O. The number of methoxy groups -OCH3 is 1. The highest BCUT2D eigenvalue weighted by molar-refractivity contribution is 5.98. The summed E-state index contributed by atoms with van der Waals surface area (Å²) in [6, 6.07) is 6.70. The normalized spacial score (nSPS) is 10.1. The van der Waals surface area contributed by atoms with Crippen LogP contribution in [0.15, 0.2) is 24.3 Å². The van der Waals surface area contributed by atoms with Crippen LogP contribution < -0.4 is 5.32 Å². The summed E-state index contributed by atoms with van der Waals surface area (Å²) in [7, 11) is 1.59. The van der Waals surface area contributed by atoms with E-state index < -0.39 is 0 Å². The van der Waals surface area contributed by atoms with Gasteiger partial charge in [-0.3, -0.25) is 14.4 Å². The van der Waals surface area contributed by atoms with E-state index in [9.17, 15) is 14.4 Å². The molecule has 0 aliphatic heterocycles. The third kappa shape index (κ3) is 6.05. The van der Waals surface area contributed by atoms with Gasteiger partial charge in [0.05, 0.1) is 6.54 Å². The van der Waals surface area contributed by atoms with Crippen molar-refractivity contribution in [2.45, 2.75) is 20.3 Å². The molecule has 22 heavy (non-hydrogen) atoms. The Labute approximate surface area is 130 Å². The van der Waals surface area contributed by atoms with Gasteiger partial charge in [-0.05, 0) is 25.5 Å². The average Bonchev–Trinajstić information content (AvgIpc) is 2.46. The summed E-state index contributed by atoms with van der Waals surface area (Å²) in [5.74, 6) is -0.530. The second kappa shape index (κ2) is 8.94. The van der Waals surface area contributed by atoms with Gasteiger partial charge in [-0.2, -0.15) is 0 Å². The molecule has 1 aromatic rings. The third-order valence-electron chi connectivity index (χ3n) is 3.11. The van der Waals surface area contributed by atoms with Crippen molar-refractivity contribution in [1.29, 1.82) is 0 Å². The Balaban J connectivity index is 2.61. The number of Topliss-reactive ketones (excluding diaryl/α,β-unsaturated/α-hetero) is 1. The predicted octanol–water partition coefficient (Wildman–Crippen LogP) is 1.71. The molecular formula is C16H22N2O4. The Morgan fingerprint density at radius 3 is 2.55 bits per heavy atom. The van der Waals surface area contributed by atoms with Gasteiger partial charge in [0.1, 0.15) is 0 Å². The van der Waals surface area contributed by atoms with Crippen molar-refractivity contribution in [3.05, 3.63) is 29.8 Å². The van der Waals surface area contributed by atoms with E-state index in [-0.39, 0.29) is 24.1 Å². The minimum Gasteiger partial charge on any atom is -0.385 e. The molecule has 0 aromatic heterocycles. The monoisotopic (exact) mass is 306 g/mol. The van der Waals surface area contributed by atoms with E-state index in [1.807, 2.05) is 0 Å². The summed E-state index contributed by atoms with van der Waals surface area (Å²) < 4.78 is 4.94. The van der Waals surface area contributed by atoms with Crippen molar-refractivity contribution in [2.24, 2.45) is 0 Å². The number of rotatable bonds is 8. The molecule has 1 rings (SSSR count). The molecule has 1 aromatic carbocycles. The van der Waals surface area contributed by atoms with Crippen molar-refractivity contribution in [3.63, 3.8) is 0 Å². The van der Waals surface area contributed by atoms with Crippen LogP contribution >= 0.6 is 0 Å². The fourth-order valence-corrected chi connectivity index (χ4v) is 1.94. The van der Waals surface area contributed by atoms with E-state index in [1.165, 1.54) is 18.7 Å². The Kier molecular flexibility index (Phi) is 7.25. The summed E-state index contributed by atoms with van der Waals surface area (Å²) in [6.07, 6.45) is 0.670. The summed E-state index contributed by atoms with van der Waals surface area (Å²) in [5.41, 5.74) is 1.07. The Morgan fingerprint density at radius 2 is 1.95 bits per heavy atom. The van der Waals surface area contributed by atoms with Crippen molar-refractivity contribution in [1.82, 2.24) is 4.90 Å². The van der Waals surface area contributed by atoms with E-state index in [2.05, 4.69) is 5.32 Å². The first kappa shape index (κ1) is 17.8. The standard InChI is InChI=1S/C16H22N2O4/c1-12(19)14-6-4-7-15(10-14)17-16(21)11-18(13(2)20)8-5-9-22-3/h4,6-7,10H,5,8-9,11H2,1-3H3,(H,17,21). The van der Waals surface area contributed by atoms with Gasteiger partial charge in [0, 0.05) is 38.4 Å². The van der Waals surface area contributed by atoms with Gasteiger partial charge in [0.15, 0.2) is 5.78 Å². The van der Waals surface area contributed by atoms with Gasteiger partial charge in [-0.1, -0.05) is 12.1 Å². The molecule has 0 fully saturated rings. The summed E-state index contributed by atoms with van der Waals surface area (Å²) >= 11 is 0. The maximum absolute atomic E-state index is 12.0. The van der Waals surface area contributed by atoms with Crippen molar-refractivity contribution < 1.29 is 19.1 Å². The molecule has 120 valence electrons. The first-order chi connectivity index (χ1) is 10.4. The largest absolute Gasteiger partial charge is 0.385 e. The van der Waals surface area contributed by atoms with E-state index in [0.717, 1.165) is 0 Å². The number of ketones is 1. The Hall–Kier alpha value is -2.21. The van der Waals surface area contributed by atoms with E-state index in [1.54, 1.807) is 31.4 Å². The molecular weight excluding hydrogens is 284 g/mol. The van der Waals surface area contributed by atoms with Gasteiger partial charge in [0.25, 0.3) is 0 Å². The van der Waals surface area contributed by atoms with E-state index in [0.29, 0.717) is 30.8 Å². The van der Waals surface area contributed by atoms with Crippen LogP contribution in [-0.4, -0.2) is 49.3 Å². The minimum atomic E-state index is -0.298. The quantitative estimate of drug-likeness (QED) is 0.586. The zero-order valence-electron chi connectivity index (χ0n) is 13.2. The molecule has 0 spiro atoms. The maximum Gasteiger partial charge on any atom is 0.243 e. The van der Waals surface area contributed by atoms with Crippen molar-refractivity contribution >= 4 is 23.3 Å². The van der Waals surface area contributed by atoms with Gasteiger partial charge in [-0.25, -0.2) is 0 Å². The molecule has 6 nitrogen and oxygen atoms in total. The Bertz CT molecular complexity index is 543. The number of amides is 2. The molecule has 1 N–H and O–H groups in total. The summed E-state index contributed by atoms with van der Waals surface area (Å²) in [6.45, 7) is 3.87. The van der Waals surface area contributed by atoms with Crippen LogP contribution in [-0.2, 0) is 14.3 Å². The fourth-order valence-electron chi connectivity index (χ4n) is 1.94. The smallest absolute Gasteiger partial charge is 0.243 e. The second-order valence-corrected chi connectivity index (χ2v) is 4.97. The minimum absolute atomic E-state index is 0.0245. The Morgan fingerprint density at radius 1 is 1.23 bits per heavy atom. The summed E-state index contributed by atoms with van der Waals surface area (Å²) in [5, 5.41) is 2.70. The summed E-state index contributed by atoms with van der Waals surface area (Å²) in [4.78, 5) is 36.3. The zero-order valence-corrected chi connectivity index (χ0v) is 13.2. The number of benzene rings is 1. The first-order valence-corrected chi connectivity index (χ1v) is 7.09. The zero-order chi connectivity index (χ0) is 16.5. The molecule has 2 amide bonds. The number of nitrogens with zero attached hydrogens (tertiary/aromatic N) is 1. The lowest BCUT2D eigenvalue weighted by Crippen LogP contribution is -2.37. The molecule has 0 saturated heterocycles. The van der Waals surface area contributed by atoms with Crippen LogP contribution in [0.2, 0.25) is 0 Å². The van der Waals surface area contributed by atoms with E-state index >= 15 is 0 Å². The van der Waals surface area contributed by atoms with Crippen molar-refractivity contribution in [2.75, 3.05) is 32.1 Å². The fraction of sp³-hybridized carbons (Fsp3) is 0.438. The van der Waals surface area contributed by atoms with Gasteiger partial charge in [-0.15, -0.1) is 0 Å². The lowest BCUT2D eigenvalue weighted by Gasteiger charge is -2.20. The molecule has 6 heteroatoms. The number of hydrogen-bond donors (Lipinski definition) is 1. The van der Waals surface area contributed by atoms with E-state index in [4.69, 9.17) is 4.74 Å². The molecule has 0 aliphatic rings. The predicted molar refractivity (Wildman–Crippen MR) is 83.8 cm³/mol. The maximum atomic E-state index is 12.0. The number of carbonyl (C=O) groups excluding carboxylic acids is 3. The number of hydrogen-bond acceptors (Lipinski definition) is 4. The van der Waals surface area contributed by atoms with Gasteiger partial charge in [0.2, 0.25) is 11.8 Å². The third-order valence-corrected chi connectivity index (χ3v) is 3.11. The molecule has 0 atom stereocenters. The van der Waals surface area contributed by atoms with Gasteiger partial charge < -0.3 is 15.0 Å². The highest BCUT2D eigenvalue weighted by Gasteiger charge is 2.13. The molecule has 0 radical (unpaired) electrons. The number of anilines is 1. The molecule has 0 bridgehead atoms. The number of ether oxygens (including phenoxy) is 1. The van der Waals surface area contributed by atoms with Gasteiger partial charge >= 0.3 is 0 Å². The molecule has 0 heterocycles. The number of nitrogens with one attached hydrogen (secondary N) is 1. The lowest BCUT2D eigenvalue weighted by molar-refractivity contribution is -0.132. The first-order valence-electron chi connectivity index (χ1n) is 7.09. The average molecular weight is 306 g/mol. The molecule has 0 saturated carbocycles. The number of carbonyl (C=O) groups is 3. The van der Waals surface area contributed by atoms with Crippen LogP contribution in [0.3, 0.4) is 0 Å².